The van der Waals surface area contributed by atoms with Crippen LogP contribution in [0.15, 0.2) is 36.8 Å². The predicted octanol–water partition coefficient (Wildman–Crippen LogP) is 1.40. The van der Waals surface area contributed by atoms with E-state index in [9.17, 15) is 4.79 Å². The first-order chi connectivity index (χ1) is 11.2. The molecule has 7 nitrogen and oxygen atoms in total. The van der Waals surface area contributed by atoms with Gasteiger partial charge in [-0.1, -0.05) is 6.07 Å². The predicted molar refractivity (Wildman–Crippen MR) is 84.5 cm³/mol. The Morgan fingerprint density at radius 2 is 2.35 bits per heavy atom. The Labute approximate surface area is 134 Å². The van der Waals surface area contributed by atoms with E-state index in [2.05, 4.69) is 20.3 Å². The summed E-state index contributed by atoms with van der Waals surface area (Å²) in [6, 6.07) is 5.46. The molecule has 7 heteroatoms. The molecule has 0 saturated carbocycles. The van der Waals surface area contributed by atoms with Crippen molar-refractivity contribution in [3.63, 3.8) is 0 Å². The molecule has 2 aromatic heterocycles. The first kappa shape index (κ1) is 15.4. The van der Waals surface area contributed by atoms with Crippen molar-refractivity contribution in [2.45, 2.75) is 19.5 Å². The monoisotopic (exact) mass is 313 g/mol. The molecule has 1 atom stereocenters. The van der Waals surface area contributed by atoms with Gasteiger partial charge in [-0.25, -0.2) is 9.97 Å². The van der Waals surface area contributed by atoms with E-state index in [1.165, 1.54) is 0 Å². The van der Waals surface area contributed by atoms with E-state index in [1.807, 2.05) is 24.4 Å². The lowest BCUT2D eigenvalue weighted by Gasteiger charge is -2.33. The molecule has 3 heterocycles. The van der Waals surface area contributed by atoms with Crippen molar-refractivity contribution in [2.75, 3.05) is 25.1 Å². The van der Waals surface area contributed by atoms with Crippen LogP contribution in [0.25, 0.3) is 0 Å². The van der Waals surface area contributed by atoms with Gasteiger partial charge in [0.2, 0.25) is 5.91 Å². The Morgan fingerprint density at radius 3 is 3.13 bits per heavy atom. The van der Waals surface area contributed by atoms with Crippen LogP contribution >= 0.6 is 0 Å². The van der Waals surface area contributed by atoms with Gasteiger partial charge in [-0.15, -0.1) is 0 Å². The lowest BCUT2D eigenvalue weighted by molar-refractivity contribution is -0.138. The number of hydrogen-bond donors (Lipinski definition) is 1. The molecular weight excluding hydrogens is 294 g/mol. The van der Waals surface area contributed by atoms with E-state index in [4.69, 9.17) is 4.74 Å². The van der Waals surface area contributed by atoms with Crippen LogP contribution in [-0.2, 0) is 16.1 Å². The third-order valence-electron chi connectivity index (χ3n) is 3.70. The number of pyridine rings is 1. The van der Waals surface area contributed by atoms with Gasteiger partial charge in [0.25, 0.3) is 0 Å². The van der Waals surface area contributed by atoms with Gasteiger partial charge < -0.3 is 15.0 Å². The smallest absolute Gasteiger partial charge is 0.220 e. The Kier molecular flexibility index (Phi) is 4.77. The topological polar surface area (TPSA) is 80.2 Å². The fourth-order valence-corrected chi connectivity index (χ4v) is 2.52. The Morgan fingerprint density at radius 1 is 1.43 bits per heavy atom. The second-order valence-electron chi connectivity index (χ2n) is 5.32. The summed E-state index contributed by atoms with van der Waals surface area (Å²) in [7, 11) is 0. The summed E-state index contributed by atoms with van der Waals surface area (Å²) in [6.45, 7) is 3.72. The molecule has 120 valence electrons. The second kappa shape index (κ2) is 7.15. The highest BCUT2D eigenvalue weighted by molar-refractivity contribution is 5.73. The average molecular weight is 313 g/mol. The van der Waals surface area contributed by atoms with Gasteiger partial charge in [-0.05, 0) is 17.7 Å². The number of morpholine rings is 1. The largest absolute Gasteiger partial charge is 0.377 e. The molecule has 1 aliphatic rings. The maximum atomic E-state index is 11.8. The molecular formula is C16H19N5O2. The van der Waals surface area contributed by atoms with Crippen molar-refractivity contribution >= 4 is 11.7 Å². The summed E-state index contributed by atoms with van der Waals surface area (Å²) < 4.78 is 5.48. The molecule has 1 amide bonds. The Balaban J connectivity index is 1.72. The number of anilines is 1. The minimum atomic E-state index is -0.235. The van der Waals surface area contributed by atoms with Crippen LogP contribution < -0.4 is 5.32 Å². The highest BCUT2D eigenvalue weighted by atomic mass is 16.5. The van der Waals surface area contributed by atoms with Crippen LogP contribution in [0.2, 0.25) is 0 Å². The summed E-state index contributed by atoms with van der Waals surface area (Å²) in [6.07, 6.45) is 5.24. The summed E-state index contributed by atoms with van der Waals surface area (Å²) in [5, 5.41) is 3.25. The van der Waals surface area contributed by atoms with Crippen molar-refractivity contribution in [3.05, 3.63) is 48.2 Å². The normalized spacial score (nSPS) is 17.8. The van der Waals surface area contributed by atoms with Crippen LogP contribution in [0.1, 0.15) is 24.4 Å². The van der Waals surface area contributed by atoms with Gasteiger partial charge in [-0.2, -0.15) is 0 Å². The number of nitrogens with one attached hydrogen (secondary N) is 1. The zero-order chi connectivity index (χ0) is 16.1. The maximum Gasteiger partial charge on any atom is 0.220 e. The number of aromatic nitrogens is 3. The van der Waals surface area contributed by atoms with Gasteiger partial charge >= 0.3 is 0 Å². The molecule has 1 N–H and O–H groups in total. The van der Waals surface area contributed by atoms with E-state index in [-0.39, 0.29) is 11.9 Å². The first-order valence-corrected chi connectivity index (χ1v) is 7.54. The molecule has 23 heavy (non-hydrogen) atoms. The number of carbonyl (C=O) groups is 1. The number of hydrogen-bond acceptors (Lipinski definition) is 6. The van der Waals surface area contributed by atoms with E-state index in [0.29, 0.717) is 37.9 Å². The van der Waals surface area contributed by atoms with E-state index < -0.39 is 0 Å². The molecule has 1 aliphatic heterocycles. The Bertz CT molecular complexity index is 665. The molecule has 0 aliphatic carbocycles. The lowest BCUT2D eigenvalue weighted by atomic mass is 10.2. The van der Waals surface area contributed by atoms with Gasteiger partial charge in [0.1, 0.15) is 11.9 Å². The van der Waals surface area contributed by atoms with Crippen molar-refractivity contribution in [3.8, 4) is 0 Å². The van der Waals surface area contributed by atoms with Crippen molar-refractivity contribution in [1.82, 2.24) is 19.9 Å². The van der Waals surface area contributed by atoms with E-state index in [1.54, 1.807) is 24.2 Å². The quantitative estimate of drug-likeness (QED) is 0.919. The highest BCUT2D eigenvalue weighted by Gasteiger charge is 2.28. The van der Waals surface area contributed by atoms with Crippen molar-refractivity contribution in [2.24, 2.45) is 0 Å². The van der Waals surface area contributed by atoms with Crippen molar-refractivity contribution < 1.29 is 9.53 Å². The van der Waals surface area contributed by atoms with E-state index in [0.717, 1.165) is 5.56 Å². The summed E-state index contributed by atoms with van der Waals surface area (Å²) >= 11 is 0. The standard InChI is InChI=1S/C16H19N5O2/c1-12(22)21-7-8-23-11-14(21)16-18-6-4-15(20-16)19-10-13-3-2-5-17-9-13/h2-6,9,14H,7-8,10-11H2,1H3,(H,18,19,20). The van der Waals surface area contributed by atoms with Crippen molar-refractivity contribution in [1.29, 1.82) is 0 Å². The van der Waals surface area contributed by atoms with E-state index >= 15 is 0 Å². The van der Waals surface area contributed by atoms with Crippen LogP contribution in [0.5, 0.6) is 0 Å². The van der Waals surface area contributed by atoms with Gasteiger partial charge in [0, 0.05) is 38.6 Å². The van der Waals surface area contributed by atoms with Gasteiger partial charge in [0.05, 0.1) is 13.2 Å². The molecule has 1 fully saturated rings. The van der Waals surface area contributed by atoms with Gasteiger partial charge in [0.15, 0.2) is 5.82 Å². The highest BCUT2D eigenvalue weighted by Crippen LogP contribution is 2.22. The minimum Gasteiger partial charge on any atom is -0.377 e. The second-order valence-corrected chi connectivity index (χ2v) is 5.32. The third-order valence-corrected chi connectivity index (χ3v) is 3.70. The van der Waals surface area contributed by atoms with Crippen LogP contribution in [-0.4, -0.2) is 45.5 Å². The van der Waals surface area contributed by atoms with Crippen LogP contribution in [0.4, 0.5) is 5.82 Å². The zero-order valence-electron chi connectivity index (χ0n) is 13.0. The summed E-state index contributed by atoms with van der Waals surface area (Å²) in [5.74, 6) is 1.32. The third kappa shape index (κ3) is 3.81. The molecule has 3 rings (SSSR count). The zero-order valence-corrected chi connectivity index (χ0v) is 13.0. The maximum absolute atomic E-state index is 11.8. The molecule has 1 saturated heterocycles. The average Bonchev–Trinajstić information content (AvgIpc) is 2.61. The summed E-state index contributed by atoms with van der Waals surface area (Å²) in [4.78, 5) is 26.4. The Hall–Kier alpha value is -2.54. The summed E-state index contributed by atoms with van der Waals surface area (Å²) in [5.41, 5.74) is 1.07. The molecule has 0 spiro atoms. The first-order valence-electron chi connectivity index (χ1n) is 7.54. The molecule has 0 radical (unpaired) electrons. The fraction of sp³-hybridized carbons (Fsp3) is 0.375. The SMILES string of the molecule is CC(=O)N1CCOCC1c1nccc(NCc2cccnc2)n1. The van der Waals surface area contributed by atoms with Gasteiger partial charge in [-0.3, -0.25) is 9.78 Å². The number of amides is 1. The molecule has 0 aromatic carbocycles. The van der Waals surface area contributed by atoms with Crippen LogP contribution in [0, 0.1) is 0 Å². The molecule has 0 bridgehead atoms. The number of rotatable bonds is 4. The lowest BCUT2D eigenvalue weighted by Crippen LogP contribution is -2.43. The minimum absolute atomic E-state index is 0.00984. The fourth-order valence-electron chi connectivity index (χ4n) is 2.52. The number of nitrogens with zero attached hydrogens (tertiary/aromatic N) is 4. The molecule has 1 unspecified atom stereocenters. The van der Waals surface area contributed by atoms with Crippen LogP contribution in [0.3, 0.4) is 0 Å². The molecule has 2 aromatic rings. The number of carbonyl (C=O) groups excluding carboxylic acids is 1. The number of ether oxygens (including phenoxy) is 1.